The van der Waals surface area contributed by atoms with Crippen LogP contribution in [0.1, 0.15) is 11.1 Å². The van der Waals surface area contributed by atoms with Crippen molar-refractivity contribution in [3.05, 3.63) is 114 Å². The summed E-state index contributed by atoms with van der Waals surface area (Å²) < 4.78 is 40.1. The zero-order valence-electron chi connectivity index (χ0n) is 23.8. The molecule has 0 bridgehead atoms. The van der Waals surface area contributed by atoms with E-state index < -0.39 is 10.0 Å². The van der Waals surface area contributed by atoms with Gasteiger partial charge >= 0.3 is 0 Å². The molecule has 1 fully saturated rings. The molecule has 0 saturated carbocycles. The quantitative estimate of drug-likeness (QED) is 0.257. The molecule has 0 aliphatic carbocycles. The van der Waals surface area contributed by atoms with Gasteiger partial charge < -0.3 is 19.3 Å². The number of anilines is 2. The van der Waals surface area contributed by atoms with E-state index >= 15 is 0 Å². The minimum absolute atomic E-state index is 0.0913. The van der Waals surface area contributed by atoms with Crippen LogP contribution in [-0.4, -0.2) is 59.1 Å². The summed E-state index contributed by atoms with van der Waals surface area (Å²) in [6.45, 7) is 4.58. The average Bonchev–Trinajstić information content (AvgIpc) is 3.03. The topological polar surface area (TPSA) is 79.4 Å². The van der Waals surface area contributed by atoms with Crippen LogP contribution in [0.3, 0.4) is 0 Å². The molecule has 0 aromatic heterocycles. The number of benzene rings is 4. The van der Waals surface area contributed by atoms with Crippen molar-refractivity contribution in [2.75, 3.05) is 49.1 Å². The van der Waals surface area contributed by atoms with E-state index in [1.807, 2.05) is 61.5 Å². The van der Waals surface area contributed by atoms with Gasteiger partial charge in [-0.05, 0) is 61.0 Å². The number of hydrogen-bond acceptors (Lipinski definition) is 6. The lowest BCUT2D eigenvalue weighted by molar-refractivity contribution is -0.133. The highest BCUT2D eigenvalue weighted by Gasteiger charge is 2.26. The van der Waals surface area contributed by atoms with Gasteiger partial charge in [-0.1, -0.05) is 60.2 Å². The van der Waals surface area contributed by atoms with Crippen molar-refractivity contribution >= 4 is 27.3 Å². The molecule has 1 amide bonds. The smallest absolute Gasteiger partial charge is 0.264 e. The molecular formula is C33H35N3O5S. The van der Waals surface area contributed by atoms with Crippen LogP contribution >= 0.6 is 0 Å². The second-order valence-electron chi connectivity index (χ2n) is 10.1. The van der Waals surface area contributed by atoms with Gasteiger partial charge in [0.05, 0.1) is 29.9 Å². The van der Waals surface area contributed by atoms with Gasteiger partial charge in [0.1, 0.15) is 11.5 Å². The lowest BCUT2D eigenvalue weighted by atomic mass is 10.2. The maximum absolute atomic E-state index is 13.7. The zero-order chi connectivity index (χ0) is 29.5. The van der Waals surface area contributed by atoms with Crippen molar-refractivity contribution in [3.63, 3.8) is 0 Å². The fourth-order valence-corrected chi connectivity index (χ4v) is 6.39. The average molecular weight is 586 g/mol. The molecule has 0 atom stereocenters. The number of carbonyl (C=O) groups is 1. The van der Waals surface area contributed by atoms with Crippen LogP contribution in [0.15, 0.2) is 108 Å². The fraction of sp³-hybridized carbons (Fsp3) is 0.242. The molecule has 0 N–H and O–H groups in total. The molecule has 9 heteroatoms. The van der Waals surface area contributed by atoms with E-state index in [0.717, 1.165) is 22.6 Å². The molecule has 1 heterocycles. The Morgan fingerprint density at radius 2 is 1.45 bits per heavy atom. The standard InChI is InChI=1S/C33H35N3O5S/c1-26-12-18-30(19-13-26)42(38,39)36(24-27-8-4-3-5-9-27)28-14-16-29(17-15-28)41-25-33(37)35-22-20-34(21-23-35)31-10-6-7-11-32(31)40-2/h3-19H,20-25H2,1-2H3. The Bertz CT molecular complexity index is 1590. The summed E-state index contributed by atoms with van der Waals surface area (Å²) in [4.78, 5) is 17.1. The zero-order valence-corrected chi connectivity index (χ0v) is 24.7. The van der Waals surface area contributed by atoms with Crippen molar-refractivity contribution < 1.29 is 22.7 Å². The van der Waals surface area contributed by atoms with Crippen LogP contribution in [0.25, 0.3) is 0 Å². The van der Waals surface area contributed by atoms with Gasteiger partial charge in [0, 0.05) is 26.2 Å². The largest absolute Gasteiger partial charge is 0.495 e. The first-order valence-electron chi connectivity index (χ1n) is 13.9. The molecule has 5 rings (SSSR count). The molecule has 8 nitrogen and oxygen atoms in total. The Labute approximate surface area is 247 Å². The van der Waals surface area contributed by atoms with Gasteiger partial charge in [-0.25, -0.2) is 8.42 Å². The minimum Gasteiger partial charge on any atom is -0.495 e. The van der Waals surface area contributed by atoms with Crippen LogP contribution in [0.5, 0.6) is 11.5 Å². The van der Waals surface area contributed by atoms with Crippen molar-refractivity contribution in [2.45, 2.75) is 18.4 Å². The summed E-state index contributed by atoms with van der Waals surface area (Å²) in [5, 5.41) is 0. The highest BCUT2D eigenvalue weighted by Crippen LogP contribution is 2.29. The SMILES string of the molecule is COc1ccccc1N1CCN(C(=O)COc2ccc(N(Cc3ccccc3)S(=O)(=O)c3ccc(C)cc3)cc2)CC1. The van der Waals surface area contributed by atoms with Crippen molar-refractivity contribution in [1.29, 1.82) is 0 Å². The number of sulfonamides is 1. The first-order valence-corrected chi connectivity index (χ1v) is 15.3. The third-order valence-electron chi connectivity index (χ3n) is 7.32. The molecule has 218 valence electrons. The number of rotatable bonds is 10. The first-order chi connectivity index (χ1) is 20.3. The van der Waals surface area contributed by atoms with Crippen LogP contribution in [-0.2, 0) is 21.4 Å². The van der Waals surface area contributed by atoms with E-state index in [-0.39, 0.29) is 24.0 Å². The maximum atomic E-state index is 13.7. The molecule has 0 unspecified atom stereocenters. The number of aryl methyl sites for hydroxylation is 1. The Morgan fingerprint density at radius 1 is 0.810 bits per heavy atom. The van der Waals surface area contributed by atoms with Crippen molar-refractivity contribution in [1.82, 2.24) is 4.90 Å². The van der Waals surface area contributed by atoms with Crippen molar-refractivity contribution in [2.24, 2.45) is 0 Å². The highest BCUT2D eigenvalue weighted by atomic mass is 32.2. The number of methoxy groups -OCH3 is 1. The van der Waals surface area contributed by atoms with Gasteiger partial charge in [-0.2, -0.15) is 0 Å². The normalized spacial score (nSPS) is 13.5. The van der Waals surface area contributed by atoms with E-state index in [9.17, 15) is 13.2 Å². The number of piperazine rings is 1. The molecule has 1 aliphatic rings. The number of amides is 1. The van der Waals surface area contributed by atoms with Crippen LogP contribution in [0, 0.1) is 6.92 Å². The van der Waals surface area contributed by atoms with Crippen molar-refractivity contribution in [3.8, 4) is 11.5 Å². The lowest BCUT2D eigenvalue weighted by Gasteiger charge is -2.36. The van der Waals surface area contributed by atoms with Gasteiger partial charge in [-0.3, -0.25) is 9.10 Å². The summed E-state index contributed by atoms with van der Waals surface area (Å²) in [6.07, 6.45) is 0. The van der Waals surface area contributed by atoms with E-state index in [0.29, 0.717) is 37.6 Å². The second-order valence-corrected chi connectivity index (χ2v) is 12.0. The molecule has 42 heavy (non-hydrogen) atoms. The number of nitrogens with zero attached hydrogens (tertiary/aromatic N) is 3. The fourth-order valence-electron chi connectivity index (χ4n) is 4.93. The monoisotopic (exact) mass is 585 g/mol. The molecule has 1 saturated heterocycles. The van der Waals surface area contributed by atoms with Crippen LogP contribution in [0.2, 0.25) is 0 Å². The van der Waals surface area contributed by atoms with E-state index in [2.05, 4.69) is 4.90 Å². The lowest BCUT2D eigenvalue weighted by Crippen LogP contribution is -2.50. The second kappa shape index (κ2) is 13.0. The molecule has 0 radical (unpaired) electrons. The van der Waals surface area contributed by atoms with Gasteiger partial charge in [0.25, 0.3) is 15.9 Å². The Kier molecular flexibility index (Phi) is 8.97. The van der Waals surface area contributed by atoms with Gasteiger partial charge in [-0.15, -0.1) is 0 Å². The summed E-state index contributed by atoms with van der Waals surface area (Å²) in [6, 6.07) is 31.0. The Balaban J connectivity index is 1.23. The number of para-hydroxylation sites is 2. The summed E-state index contributed by atoms with van der Waals surface area (Å²) in [5.41, 5.74) is 3.38. The number of hydrogen-bond donors (Lipinski definition) is 0. The summed E-state index contributed by atoms with van der Waals surface area (Å²) in [7, 11) is -2.17. The Morgan fingerprint density at radius 3 is 2.12 bits per heavy atom. The molecule has 4 aromatic rings. The van der Waals surface area contributed by atoms with E-state index in [4.69, 9.17) is 9.47 Å². The van der Waals surface area contributed by atoms with E-state index in [1.165, 1.54) is 4.31 Å². The molecule has 4 aromatic carbocycles. The number of ether oxygens (including phenoxy) is 2. The maximum Gasteiger partial charge on any atom is 0.264 e. The highest BCUT2D eigenvalue weighted by molar-refractivity contribution is 7.92. The van der Waals surface area contributed by atoms with E-state index in [1.54, 1.807) is 60.5 Å². The number of carbonyl (C=O) groups excluding carboxylic acids is 1. The minimum atomic E-state index is -3.83. The predicted molar refractivity (Wildman–Crippen MR) is 165 cm³/mol. The molecule has 0 spiro atoms. The van der Waals surface area contributed by atoms with Gasteiger partial charge in [0.15, 0.2) is 6.61 Å². The third kappa shape index (κ3) is 6.69. The van der Waals surface area contributed by atoms with Gasteiger partial charge in [0.2, 0.25) is 0 Å². The predicted octanol–water partition coefficient (Wildman–Crippen LogP) is 5.13. The van der Waals surface area contributed by atoms with Crippen LogP contribution < -0.4 is 18.7 Å². The third-order valence-corrected chi connectivity index (χ3v) is 9.11. The first kappa shape index (κ1) is 29.0. The summed E-state index contributed by atoms with van der Waals surface area (Å²) in [5.74, 6) is 1.22. The molecular weight excluding hydrogens is 550 g/mol. The molecule has 1 aliphatic heterocycles. The Hall–Kier alpha value is -4.50. The summed E-state index contributed by atoms with van der Waals surface area (Å²) >= 11 is 0. The van der Waals surface area contributed by atoms with Crippen LogP contribution in [0.4, 0.5) is 11.4 Å².